The first kappa shape index (κ1) is 13.1. The van der Waals surface area contributed by atoms with Gasteiger partial charge in [-0.15, -0.1) is 0 Å². The van der Waals surface area contributed by atoms with Gasteiger partial charge >= 0.3 is 0 Å². The summed E-state index contributed by atoms with van der Waals surface area (Å²) in [5, 5.41) is 10.1. The van der Waals surface area contributed by atoms with Gasteiger partial charge in [0.05, 0.1) is 6.10 Å². The Balaban J connectivity index is 1.69. The molecule has 0 amide bonds. The van der Waals surface area contributed by atoms with Crippen molar-refractivity contribution in [2.75, 3.05) is 0 Å². The Kier molecular flexibility index (Phi) is 4.61. The highest BCUT2D eigenvalue weighted by molar-refractivity contribution is 5.82. The smallest absolute Gasteiger partial charge is 0.138 e. The summed E-state index contributed by atoms with van der Waals surface area (Å²) in [4.78, 5) is 12.1. The molecule has 4 atom stereocenters. The highest BCUT2D eigenvalue weighted by Crippen LogP contribution is 2.49. The molecule has 2 aliphatic carbocycles. The number of fused-ring (bicyclic) bond motifs is 2. The van der Waals surface area contributed by atoms with Crippen LogP contribution in [0.4, 0.5) is 0 Å². The van der Waals surface area contributed by atoms with E-state index in [1.807, 2.05) is 0 Å². The molecule has 0 aromatic carbocycles. The molecule has 2 bridgehead atoms. The first-order valence-corrected chi connectivity index (χ1v) is 7.44. The van der Waals surface area contributed by atoms with Crippen molar-refractivity contribution in [1.82, 2.24) is 0 Å². The van der Waals surface area contributed by atoms with Crippen molar-refractivity contribution in [3.8, 4) is 0 Å². The average molecular weight is 238 g/mol. The Morgan fingerprint density at radius 2 is 1.82 bits per heavy atom. The fraction of sp³-hybridized carbons (Fsp3) is 0.933. The lowest BCUT2D eigenvalue weighted by molar-refractivity contribution is -0.128. The third-order valence-electron chi connectivity index (χ3n) is 4.77. The molecule has 0 aliphatic heterocycles. The maximum atomic E-state index is 12.1. The molecule has 0 radical (unpaired) electrons. The Morgan fingerprint density at radius 1 is 1.12 bits per heavy atom. The summed E-state index contributed by atoms with van der Waals surface area (Å²) >= 11 is 0. The Hall–Kier alpha value is -0.370. The molecule has 2 rings (SSSR count). The minimum Gasteiger partial charge on any atom is -0.392 e. The van der Waals surface area contributed by atoms with Crippen molar-refractivity contribution in [2.45, 2.75) is 70.8 Å². The summed E-state index contributed by atoms with van der Waals surface area (Å²) in [7, 11) is 0. The topological polar surface area (TPSA) is 37.3 Å². The Morgan fingerprint density at radius 3 is 2.47 bits per heavy atom. The van der Waals surface area contributed by atoms with Crippen molar-refractivity contribution in [3.05, 3.63) is 0 Å². The number of aliphatic hydroxyl groups is 1. The minimum absolute atomic E-state index is 0.0000693. The average Bonchev–Trinajstić information content (AvgIpc) is 2.89. The standard InChI is InChI=1S/C15H26O2/c1-2-3-4-5-6-7-13(16)14-11-8-9-12(10-11)15(14)17/h11-12,14-15,17H,2-10H2,1H3/t11-,12+,14-,15-/m0/s1. The third kappa shape index (κ3) is 2.90. The van der Waals surface area contributed by atoms with Crippen LogP contribution in [0.2, 0.25) is 0 Å². The van der Waals surface area contributed by atoms with E-state index in [1.165, 1.54) is 32.1 Å². The zero-order chi connectivity index (χ0) is 12.3. The van der Waals surface area contributed by atoms with Gasteiger partial charge in [-0.05, 0) is 37.5 Å². The van der Waals surface area contributed by atoms with Gasteiger partial charge in [0.1, 0.15) is 5.78 Å². The number of carbonyl (C=O) groups is 1. The van der Waals surface area contributed by atoms with E-state index in [9.17, 15) is 9.90 Å². The van der Waals surface area contributed by atoms with E-state index in [0.29, 0.717) is 24.0 Å². The second-order valence-electron chi connectivity index (χ2n) is 5.98. The maximum Gasteiger partial charge on any atom is 0.138 e. The molecule has 0 spiro atoms. The van der Waals surface area contributed by atoms with Gasteiger partial charge in [-0.3, -0.25) is 4.79 Å². The number of carbonyl (C=O) groups excluding carboxylic acids is 1. The van der Waals surface area contributed by atoms with E-state index < -0.39 is 0 Å². The normalized spacial score (nSPS) is 35.4. The highest BCUT2D eigenvalue weighted by Gasteiger charge is 2.49. The second kappa shape index (κ2) is 5.99. The van der Waals surface area contributed by atoms with Crippen LogP contribution in [-0.2, 0) is 4.79 Å². The highest BCUT2D eigenvalue weighted by atomic mass is 16.3. The molecular weight excluding hydrogens is 212 g/mol. The quantitative estimate of drug-likeness (QED) is 0.691. The largest absolute Gasteiger partial charge is 0.392 e. The first-order chi connectivity index (χ1) is 8.24. The summed E-state index contributed by atoms with van der Waals surface area (Å²) < 4.78 is 0. The monoisotopic (exact) mass is 238 g/mol. The molecular formula is C15H26O2. The third-order valence-corrected chi connectivity index (χ3v) is 4.77. The van der Waals surface area contributed by atoms with Crippen LogP contribution >= 0.6 is 0 Å². The maximum absolute atomic E-state index is 12.1. The minimum atomic E-state index is -0.308. The SMILES string of the molecule is CCCCCCCC(=O)[C@@H]1[C@H]2CC[C@H](C2)[C@@H]1O. The fourth-order valence-electron chi connectivity index (χ4n) is 3.78. The molecule has 2 nitrogen and oxygen atoms in total. The van der Waals surface area contributed by atoms with Gasteiger partial charge < -0.3 is 5.11 Å². The number of Topliss-reactive ketones (excluding diaryl/α,β-unsaturated/α-hetero) is 1. The molecule has 0 aromatic heterocycles. The summed E-state index contributed by atoms with van der Waals surface area (Å²) in [5.74, 6) is 1.30. The molecule has 2 aliphatic rings. The van der Waals surface area contributed by atoms with Crippen LogP contribution in [0.25, 0.3) is 0 Å². The van der Waals surface area contributed by atoms with E-state index in [2.05, 4.69) is 6.92 Å². The molecule has 2 fully saturated rings. The van der Waals surface area contributed by atoms with Crippen LogP contribution < -0.4 is 0 Å². The second-order valence-corrected chi connectivity index (χ2v) is 5.98. The number of unbranched alkanes of at least 4 members (excludes halogenated alkanes) is 4. The predicted octanol–water partition coefficient (Wildman–Crippen LogP) is 3.32. The van der Waals surface area contributed by atoms with Crippen molar-refractivity contribution < 1.29 is 9.90 Å². The van der Waals surface area contributed by atoms with E-state index in [1.54, 1.807) is 0 Å². The fourth-order valence-corrected chi connectivity index (χ4v) is 3.78. The number of aliphatic hydroxyl groups excluding tert-OH is 1. The van der Waals surface area contributed by atoms with Crippen LogP contribution in [0.3, 0.4) is 0 Å². The molecule has 0 aromatic rings. The molecule has 0 saturated heterocycles. The lowest BCUT2D eigenvalue weighted by atomic mass is 9.82. The number of hydrogen-bond donors (Lipinski definition) is 1. The summed E-state index contributed by atoms with van der Waals surface area (Å²) in [6.07, 6.45) is 9.81. The molecule has 0 unspecified atom stereocenters. The van der Waals surface area contributed by atoms with Gasteiger partial charge in [0, 0.05) is 12.3 Å². The van der Waals surface area contributed by atoms with Crippen LogP contribution in [0.5, 0.6) is 0 Å². The van der Waals surface area contributed by atoms with Crippen molar-refractivity contribution in [2.24, 2.45) is 17.8 Å². The molecule has 0 heterocycles. The molecule has 2 heteroatoms. The van der Waals surface area contributed by atoms with Crippen LogP contribution in [0.1, 0.15) is 64.7 Å². The van der Waals surface area contributed by atoms with E-state index in [-0.39, 0.29) is 12.0 Å². The summed E-state index contributed by atoms with van der Waals surface area (Å²) in [6, 6.07) is 0. The Labute approximate surface area is 105 Å². The summed E-state index contributed by atoms with van der Waals surface area (Å²) in [5.41, 5.74) is 0. The van der Waals surface area contributed by atoms with E-state index >= 15 is 0 Å². The van der Waals surface area contributed by atoms with Crippen molar-refractivity contribution in [3.63, 3.8) is 0 Å². The Bertz CT molecular complexity index is 260. The summed E-state index contributed by atoms with van der Waals surface area (Å²) in [6.45, 7) is 2.21. The number of ketones is 1. The van der Waals surface area contributed by atoms with E-state index in [4.69, 9.17) is 0 Å². The van der Waals surface area contributed by atoms with Gasteiger partial charge in [-0.1, -0.05) is 32.6 Å². The zero-order valence-electron chi connectivity index (χ0n) is 11.0. The number of rotatable bonds is 7. The van der Waals surface area contributed by atoms with Crippen LogP contribution in [0, 0.1) is 17.8 Å². The van der Waals surface area contributed by atoms with Crippen LogP contribution in [-0.4, -0.2) is 17.0 Å². The molecule has 98 valence electrons. The van der Waals surface area contributed by atoms with Gasteiger partial charge in [0.25, 0.3) is 0 Å². The lowest BCUT2D eigenvalue weighted by Crippen LogP contribution is -2.33. The van der Waals surface area contributed by atoms with Gasteiger partial charge in [0.15, 0.2) is 0 Å². The zero-order valence-corrected chi connectivity index (χ0v) is 11.0. The van der Waals surface area contributed by atoms with Gasteiger partial charge in [-0.2, -0.15) is 0 Å². The molecule has 1 N–H and O–H groups in total. The van der Waals surface area contributed by atoms with Crippen LogP contribution in [0.15, 0.2) is 0 Å². The number of hydrogen-bond acceptors (Lipinski definition) is 2. The van der Waals surface area contributed by atoms with E-state index in [0.717, 1.165) is 19.3 Å². The molecule has 2 saturated carbocycles. The molecule has 17 heavy (non-hydrogen) atoms. The van der Waals surface area contributed by atoms with Gasteiger partial charge in [-0.25, -0.2) is 0 Å². The van der Waals surface area contributed by atoms with Crippen molar-refractivity contribution in [1.29, 1.82) is 0 Å². The van der Waals surface area contributed by atoms with Crippen molar-refractivity contribution >= 4 is 5.78 Å². The predicted molar refractivity (Wildman–Crippen MR) is 68.7 cm³/mol. The first-order valence-electron chi connectivity index (χ1n) is 7.44. The van der Waals surface area contributed by atoms with Gasteiger partial charge in [0.2, 0.25) is 0 Å². The lowest BCUT2D eigenvalue weighted by Gasteiger charge is -2.25.